The van der Waals surface area contributed by atoms with Crippen molar-refractivity contribution >= 4 is 50.2 Å². The molecule has 0 aliphatic rings. The first-order chi connectivity index (χ1) is 24.1. The van der Waals surface area contributed by atoms with Crippen LogP contribution in [0.3, 0.4) is 0 Å². The van der Waals surface area contributed by atoms with Crippen molar-refractivity contribution in [1.82, 2.24) is 0 Å². The molecule has 0 aromatic heterocycles. The van der Waals surface area contributed by atoms with Gasteiger partial charge < -0.3 is 0 Å². The monoisotopic (exact) mass is 728 g/mol. The standard InChI is InChI=1S/C49H61O3P/c1-29-20-30(2)43-36(21-29)22-31(3)45(44(43)39-25-32-16-18-37(46(4,5)6)23-34(32)26-40(39)48(10,11)12)53(50,51,52)42-28-33-17-19-38(47(7,8)9)24-35(33)27-41(42)49(13,14)15/h16-28,50-52H,1-15H3. The zero-order valence-corrected chi connectivity index (χ0v) is 35.7. The molecule has 53 heavy (non-hydrogen) atoms. The molecule has 3 nitrogen and oxygen atoms in total. The first-order valence-corrected chi connectivity index (χ1v) is 21.2. The first-order valence-electron chi connectivity index (χ1n) is 19.1. The van der Waals surface area contributed by atoms with Crippen LogP contribution in [0.25, 0.3) is 43.4 Å². The maximum absolute atomic E-state index is 13.2. The van der Waals surface area contributed by atoms with Crippen LogP contribution in [0, 0.1) is 20.8 Å². The predicted octanol–water partition coefficient (Wildman–Crippen LogP) is 12.2. The van der Waals surface area contributed by atoms with Gasteiger partial charge in [-0.15, -0.1) is 0 Å². The third-order valence-electron chi connectivity index (χ3n) is 11.1. The number of hydrogen-bond acceptors (Lipinski definition) is 3. The average Bonchev–Trinajstić information content (AvgIpc) is 3.00. The molecular formula is C49H61O3P. The zero-order chi connectivity index (χ0) is 39.5. The van der Waals surface area contributed by atoms with Crippen LogP contribution in [-0.4, -0.2) is 14.7 Å². The Morgan fingerprint density at radius 2 is 0.925 bits per heavy atom. The van der Waals surface area contributed by atoms with E-state index in [1.165, 1.54) is 11.1 Å². The molecule has 4 heteroatoms. The second-order valence-corrected chi connectivity index (χ2v) is 22.9. The van der Waals surface area contributed by atoms with Gasteiger partial charge in [0, 0.05) is 0 Å². The number of fused-ring (bicyclic) bond motifs is 3. The van der Waals surface area contributed by atoms with Gasteiger partial charge in [0.2, 0.25) is 0 Å². The van der Waals surface area contributed by atoms with Gasteiger partial charge in [-0.1, -0.05) is 0 Å². The molecular weight excluding hydrogens is 668 g/mol. The molecule has 3 N–H and O–H groups in total. The van der Waals surface area contributed by atoms with Crippen LogP contribution < -0.4 is 10.6 Å². The van der Waals surface area contributed by atoms with E-state index in [-0.39, 0.29) is 26.9 Å². The fraction of sp³-hybridized carbons (Fsp3) is 0.388. The summed E-state index contributed by atoms with van der Waals surface area (Å²) in [6.45, 7) is 32.3. The summed E-state index contributed by atoms with van der Waals surface area (Å²) in [6, 6.07) is 27.8. The van der Waals surface area contributed by atoms with E-state index in [1.807, 2.05) is 25.1 Å². The number of hydrogen-bond donors (Lipinski definition) is 3. The predicted molar refractivity (Wildman–Crippen MR) is 233 cm³/mol. The van der Waals surface area contributed by atoms with Gasteiger partial charge in [-0.05, 0) is 0 Å². The van der Waals surface area contributed by atoms with Crippen molar-refractivity contribution in [2.45, 2.75) is 126 Å². The molecule has 0 radical (unpaired) electrons. The summed E-state index contributed by atoms with van der Waals surface area (Å²) in [5, 5.41) is 6.42. The van der Waals surface area contributed by atoms with Crippen molar-refractivity contribution in [2.24, 2.45) is 0 Å². The van der Waals surface area contributed by atoms with Crippen LogP contribution in [0.1, 0.15) is 122 Å². The van der Waals surface area contributed by atoms with E-state index < -0.39 is 12.7 Å². The minimum absolute atomic E-state index is 0.00944. The maximum atomic E-state index is 13.2. The van der Waals surface area contributed by atoms with Crippen LogP contribution in [0.4, 0.5) is 0 Å². The van der Waals surface area contributed by atoms with E-state index in [4.69, 9.17) is 0 Å². The van der Waals surface area contributed by atoms with E-state index in [0.29, 0.717) is 11.1 Å². The fourth-order valence-electron chi connectivity index (χ4n) is 8.27. The molecule has 6 aromatic carbocycles. The molecule has 0 saturated heterocycles. The molecule has 6 rings (SSSR count). The van der Waals surface area contributed by atoms with Gasteiger partial charge in [0.1, 0.15) is 0 Å². The summed E-state index contributed by atoms with van der Waals surface area (Å²) in [4.78, 5) is 39.6. The molecule has 0 amide bonds. The van der Waals surface area contributed by atoms with Gasteiger partial charge in [-0.3, -0.25) is 0 Å². The normalized spacial score (nSPS) is 14.3. The molecule has 0 bridgehead atoms. The molecule has 0 aliphatic heterocycles. The number of benzene rings is 6. The number of aryl methyl sites for hydroxylation is 3. The summed E-state index contributed by atoms with van der Waals surface area (Å²) in [5.74, 6) is 0. The first kappa shape index (κ1) is 39.1. The van der Waals surface area contributed by atoms with E-state index in [0.717, 1.165) is 60.1 Å². The Bertz CT molecular complexity index is 2450. The Morgan fingerprint density at radius 1 is 0.434 bits per heavy atom. The van der Waals surface area contributed by atoms with Crippen LogP contribution in [0.2, 0.25) is 0 Å². The van der Waals surface area contributed by atoms with Gasteiger partial charge in [0.15, 0.2) is 0 Å². The average molecular weight is 729 g/mol. The van der Waals surface area contributed by atoms with Gasteiger partial charge in [-0.25, -0.2) is 0 Å². The Labute approximate surface area is 318 Å². The molecule has 0 spiro atoms. The molecule has 280 valence electrons. The molecule has 0 heterocycles. The topological polar surface area (TPSA) is 60.7 Å². The Kier molecular flexibility index (Phi) is 9.01. The van der Waals surface area contributed by atoms with E-state index in [1.54, 1.807) is 0 Å². The minimum atomic E-state index is -5.91. The van der Waals surface area contributed by atoms with Crippen LogP contribution in [-0.2, 0) is 21.7 Å². The van der Waals surface area contributed by atoms with Gasteiger partial charge >= 0.3 is 319 Å². The van der Waals surface area contributed by atoms with Crippen LogP contribution >= 0.6 is 7.28 Å². The Balaban J connectivity index is 1.81. The van der Waals surface area contributed by atoms with Crippen molar-refractivity contribution in [2.75, 3.05) is 0 Å². The summed E-state index contributed by atoms with van der Waals surface area (Å²) in [6.07, 6.45) is 0. The van der Waals surface area contributed by atoms with E-state index in [9.17, 15) is 14.7 Å². The van der Waals surface area contributed by atoms with Crippen molar-refractivity contribution < 1.29 is 14.7 Å². The molecule has 0 atom stereocenters. The van der Waals surface area contributed by atoms with Gasteiger partial charge in [0.05, 0.1) is 0 Å². The SMILES string of the molecule is Cc1cc(C)c2c(-c3cc4ccc(C(C)(C)C)cc4cc3C(C)(C)C)c(P(O)(O)(O)c3cc4ccc(C(C)(C)C)cc4cc3C(C)(C)C)c(C)cc2c1. The third-order valence-corrected chi connectivity index (χ3v) is 13.8. The van der Waals surface area contributed by atoms with Crippen molar-refractivity contribution in [3.8, 4) is 11.1 Å². The Morgan fingerprint density at radius 3 is 1.42 bits per heavy atom. The molecule has 6 aromatic rings. The fourth-order valence-corrected chi connectivity index (χ4v) is 11.1. The quantitative estimate of drug-likeness (QED) is 0.159. The summed E-state index contributed by atoms with van der Waals surface area (Å²) < 4.78 is 0. The van der Waals surface area contributed by atoms with Crippen LogP contribution in [0.5, 0.6) is 0 Å². The van der Waals surface area contributed by atoms with Gasteiger partial charge in [-0.2, -0.15) is 0 Å². The van der Waals surface area contributed by atoms with Crippen molar-refractivity contribution in [3.05, 3.63) is 118 Å². The second-order valence-electron chi connectivity index (χ2n) is 20.0. The van der Waals surface area contributed by atoms with E-state index in [2.05, 4.69) is 158 Å². The summed E-state index contributed by atoms with van der Waals surface area (Å²) in [7, 11) is -5.91. The summed E-state index contributed by atoms with van der Waals surface area (Å²) >= 11 is 0. The summed E-state index contributed by atoms with van der Waals surface area (Å²) in [5.41, 5.74) is 7.78. The number of rotatable bonds is 3. The molecule has 0 saturated carbocycles. The van der Waals surface area contributed by atoms with Crippen molar-refractivity contribution in [1.29, 1.82) is 0 Å². The molecule has 0 aliphatic carbocycles. The Hall–Kier alpha value is -3.59. The third kappa shape index (κ3) is 6.96. The van der Waals surface area contributed by atoms with Crippen LogP contribution in [0.15, 0.2) is 78.9 Å². The zero-order valence-electron chi connectivity index (χ0n) is 34.8. The van der Waals surface area contributed by atoms with Crippen molar-refractivity contribution in [3.63, 3.8) is 0 Å². The molecule has 0 fully saturated rings. The van der Waals surface area contributed by atoms with Gasteiger partial charge in [0.25, 0.3) is 0 Å². The molecule has 0 unspecified atom stereocenters. The van der Waals surface area contributed by atoms with E-state index >= 15 is 0 Å². The second kappa shape index (κ2) is 12.2.